The highest BCUT2D eigenvalue weighted by atomic mass is 16.6. The first-order chi connectivity index (χ1) is 13.9. The van der Waals surface area contributed by atoms with Crippen LogP contribution in [0.25, 0.3) is 0 Å². The number of methoxy groups -OCH3 is 1. The summed E-state index contributed by atoms with van der Waals surface area (Å²) in [6.45, 7) is 3.12. The van der Waals surface area contributed by atoms with Crippen molar-refractivity contribution < 1.29 is 28.6 Å². The maximum atomic E-state index is 12.4. The van der Waals surface area contributed by atoms with E-state index in [-0.39, 0.29) is 24.7 Å². The van der Waals surface area contributed by atoms with Gasteiger partial charge in [-0.05, 0) is 43.7 Å². The molecule has 2 amide bonds. The maximum Gasteiger partial charge on any atom is 0.360 e. The van der Waals surface area contributed by atoms with Gasteiger partial charge in [-0.1, -0.05) is 12.1 Å². The predicted molar refractivity (Wildman–Crippen MR) is 106 cm³/mol. The minimum absolute atomic E-state index is 0.124. The Balaban J connectivity index is 1.72. The summed E-state index contributed by atoms with van der Waals surface area (Å²) in [5.74, 6) is -0.630. The number of carbonyl (C=O) groups is 3. The van der Waals surface area contributed by atoms with Crippen molar-refractivity contribution in [1.82, 2.24) is 0 Å². The summed E-state index contributed by atoms with van der Waals surface area (Å²) in [6.07, 6.45) is 0.180. The number of rotatable bonds is 6. The molecule has 8 nitrogen and oxygen atoms in total. The molecule has 152 valence electrons. The van der Waals surface area contributed by atoms with Gasteiger partial charge in [-0.3, -0.25) is 9.59 Å². The number of ether oxygens (including phenoxy) is 3. The second-order valence-electron chi connectivity index (χ2n) is 6.59. The third kappa shape index (κ3) is 4.31. The molecule has 8 heteroatoms. The Morgan fingerprint density at radius 2 is 1.90 bits per heavy atom. The Morgan fingerprint density at radius 1 is 1.17 bits per heavy atom. The first-order valence-corrected chi connectivity index (χ1v) is 9.10. The summed E-state index contributed by atoms with van der Waals surface area (Å²) < 4.78 is 15.7. The lowest BCUT2D eigenvalue weighted by Crippen LogP contribution is -2.55. The van der Waals surface area contributed by atoms with Crippen molar-refractivity contribution in [3.63, 3.8) is 0 Å². The molecule has 1 atom stereocenters. The van der Waals surface area contributed by atoms with Gasteiger partial charge in [0.25, 0.3) is 11.5 Å². The van der Waals surface area contributed by atoms with Crippen LogP contribution in [-0.2, 0) is 25.5 Å². The molecule has 0 bridgehead atoms. The second-order valence-corrected chi connectivity index (χ2v) is 6.59. The van der Waals surface area contributed by atoms with Crippen molar-refractivity contribution in [3.05, 3.63) is 48.0 Å². The Bertz CT molecular complexity index is 941. The van der Waals surface area contributed by atoms with Crippen LogP contribution in [0.1, 0.15) is 19.4 Å². The van der Waals surface area contributed by atoms with E-state index in [4.69, 9.17) is 14.2 Å². The largest absolute Gasteiger partial charge is 0.497 e. The molecule has 0 radical (unpaired) electrons. The molecule has 0 fully saturated rings. The van der Waals surface area contributed by atoms with Crippen molar-refractivity contribution in [2.45, 2.75) is 25.9 Å². The van der Waals surface area contributed by atoms with Crippen molar-refractivity contribution in [2.75, 3.05) is 24.4 Å². The Hall–Kier alpha value is -3.55. The molecule has 2 N–H and O–H groups in total. The molecule has 2 aromatic carbocycles. The van der Waals surface area contributed by atoms with Gasteiger partial charge in [0, 0.05) is 11.8 Å². The number of hydrogen-bond acceptors (Lipinski definition) is 6. The van der Waals surface area contributed by atoms with Crippen LogP contribution in [0.5, 0.6) is 11.5 Å². The average molecular weight is 398 g/mol. The van der Waals surface area contributed by atoms with Crippen LogP contribution in [0.4, 0.5) is 11.4 Å². The summed E-state index contributed by atoms with van der Waals surface area (Å²) >= 11 is 0. The summed E-state index contributed by atoms with van der Waals surface area (Å²) in [5.41, 5.74) is -0.0800. The van der Waals surface area contributed by atoms with Gasteiger partial charge in [0.15, 0.2) is 0 Å². The van der Waals surface area contributed by atoms with Crippen LogP contribution in [0.2, 0.25) is 0 Å². The zero-order valence-corrected chi connectivity index (χ0v) is 16.4. The van der Waals surface area contributed by atoms with Gasteiger partial charge >= 0.3 is 5.97 Å². The van der Waals surface area contributed by atoms with E-state index in [2.05, 4.69) is 10.6 Å². The summed E-state index contributed by atoms with van der Waals surface area (Å²) in [5, 5.41) is 5.41. The van der Waals surface area contributed by atoms with Gasteiger partial charge in [0.1, 0.15) is 11.5 Å². The summed E-state index contributed by atoms with van der Waals surface area (Å²) in [6, 6.07) is 12.0. The van der Waals surface area contributed by atoms with Crippen LogP contribution in [-0.4, -0.2) is 37.1 Å². The highest BCUT2D eigenvalue weighted by molar-refractivity contribution is 6.14. The third-order valence-corrected chi connectivity index (χ3v) is 4.45. The number of hydrogen-bond donors (Lipinski definition) is 2. The molecule has 1 unspecified atom stereocenters. The number of amides is 2. The van der Waals surface area contributed by atoms with Crippen molar-refractivity contribution in [2.24, 2.45) is 0 Å². The molecule has 1 aliphatic rings. The van der Waals surface area contributed by atoms with Gasteiger partial charge in [0.05, 0.1) is 25.8 Å². The van der Waals surface area contributed by atoms with Crippen LogP contribution in [0.3, 0.4) is 0 Å². The van der Waals surface area contributed by atoms with Gasteiger partial charge in [-0.15, -0.1) is 0 Å². The molecule has 0 aliphatic carbocycles. The fraction of sp³-hybridized carbons (Fsp3) is 0.286. The van der Waals surface area contributed by atoms with Crippen molar-refractivity contribution >= 4 is 29.2 Å². The molecule has 1 aliphatic heterocycles. The molecule has 3 rings (SSSR count). The number of benzene rings is 2. The Kier molecular flexibility index (Phi) is 5.72. The average Bonchev–Trinajstić information content (AvgIpc) is 2.70. The van der Waals surface area contributed by atoms with E-state index in [0.717, 1.165) is 5.56 Å². The number of anilines is 2. The van der Waals surface area contributed by atoms with Crippen molar-refractivity contribution in [1.29, 1.82) is 0 Å². The van der Waals surface area contributed by atoms with Gasteiger partial charge in [-0.2, -0.15) is 0 Å². The van der Waals surface area contributed by atoms with E-state index in [0.29, 0.717) is 17.1 Å². The Morgan fingerprint density at radius 3 is 2.55 bits per heavy atom. The highest BCUT2D eigenvalue weighted by Gasteiger charge is 2.48. The predicted octanol–water partition coefficient (Wildman–Crippen LogP) is 2.53. The van der Waals surface area contributed by atoms with Crippen LogP contribution in [0, 0.1) is 0 Å². The zero-order chi connectivity index (χ0) is 21.0. The molecule has 0 spiro atoms. The van der Waals surface area contributed by atoms with Crippen LogP contribution >= 0.6 is 0 Å². The lowest BCUT2D eigenvalue weighted by molar-refractivity contribution is -0.165. The highest BCUT2D eigenvalue weighted by Crippen LogP contribution is 2.36. The Labute approximate surface area is 168 Å². The minimum Gasteiger partial charge on any atom is -0.497 e. The SMILES string of the molecule is CCOC(=O)C1(C)Oc2cc(NC(=O)Cc3ccc(OC)cc3)ccc2NC1=O. The molecule has 0 saturated heterocycles. The molecular weight excluding hydrogens is 376 g/mol. The lowest BCUT2D eigenvalue weighted by Gasteiger charge is -2.32. The van der Waals surface area contributed by atoms with Gasteiger partial charge in [0.2, 0.25) is 5.91 Å². The molecule has 0 saturated carbocycles. The molecule has 0 aromatic heterocycles. The maximum absolute atomic E-state index is 12.4. The fourth-order valence-corrected chi connectivity index (χ4v) is 2.83. The molecule has 29 heavy (non-hydrogen) atoms. The van der Waals surface area contributed by atoms with E-state index >= 15 is 0 Å². The van der Waals surface area contributed by atoms with Crippen LogP contribution in [0.15, 0.2) is 42.5 Å². The molecular formula is C21H22N2O6. The topological polar surface area (TPSA) is 103 Å². The first-order valence-electron chi connectivity index (χ1n) is 9.10. The van der Waals surface area contributed by atoms with E-state index in [9.17, 15) is 14.4 Å². The normalized spacial score (nSPS) is 17.4. The summed E-state index contributed by atoms with van der Waals surface area (Å²) in [7, 11) is 1.58. The summed E-state index contributed by atoms with van der Waals surface area (Å²) in [4.78, 5) is 36.8. The minimum atomic E-state index is -1.80. The van der Waals surface area contributed by atoms with Gasteiger partial charge in [-0.25, -0.2) is 4.79 Å². The third-order valence-electron chi connectivity index (χ3n) is 4.45. The lowest BCUT2D eigenvalue weighted by atomic mass is 10.0. The van der Waals surface area contributed by atoms with Gasteiger partial charge < -0.3 is 24.8 Å². The molecule has 1 heterocycles. The second kappa shape index (κ2) is 8.22. The smallest absolute Gasteiger partial charge is 0.360 e. The van der Waals surface area contributed by atoms with Crippen LogP contribution < -0.4 is 20.1 Å². The molecule has 2 aromatic rings. The number of carbonyl (C=O) groups excluding carboxylic acids is 3. The van der Waals surface area contributed by atoms with E-state index < -0.39 is 17.5 Å². The van der Waals surface area contributed by atoms with E-state index in [1.807, 2.05) is 12.1 Å². The van der Waals surface area contributed by atoms with Crippen molar-refractivity contribution in [3.8, 4) is 11.5 Å². The first kappa shape index (κ1) is 20.2. The van der Waals surface area contributed by atoms with E-state index in [1.54, 1.807) is 44.4 Å². The fourth-order valence-electron chi connectivity index (χ4n) is 2.83. The quantitative estimate of drug-likeness (QED) is 0.573. The monoisotopic (exact) mass is 398 g/mol. The standard InChI is InChI=1S/C21H22N2O6/c1-4-28-20(26)21(2)19(25)23-16-10-7-14(12-17(16)29-21)22-18(24)11-13-5-8-15(27-3)9-6-13/h5-10,12H,4,11H2,1-3H3,(H,22,24)(H,23,25). The zero-order valence-electron chi connectivity index (χ0n) is 16.4. The number of fused-ring (bicyclic) bond motifs is 1. The van der Waals surface area contributed by atoms with E-state index in [1.165, 1.54) is 6.92 Å². The number of esters is 1. The number of nitrogens with one attached hydrogen (secondary N) is 2.